The zero-order valence-electron chi connectivity index (χ0n) is 14.8. The number of carbonyl (C=O) groups is 3. The number of nitrogens with two attached hydrogens (primary N) is 1. The van der Waals surface area contributed by atoms with Gasteiger partial charge >= 0.3 is 5.97 Å². The molecule has 1 fully saturated rings. The van der Waals surface area contributed by atoms with E-state index in [1.807, 2.05) is 30.3 Å². The van der Waals surface area contributed by atoms with Gasteiger partial charge in [-0.15, -0.1) is 0 Å². The van der Waals surface area contributed by atoms with Gasteiger partial charge < -0.3 is 20.7 Å². The highest BCUT2D eigenvalue weighted by molar-refractivity contribution is 7.80. The van der Waals surface area contributed by atoms with Gasteiger partial charge in [0.25, 0.3) is 0 Å². The Labute approximate surface area is 158 Å². The number of benzene rings is 1. The lowest BCUT2D eigenvalue weighted by molar-refractivity contribution is -0.146. The van der Waals surface area contributed by atoms with Gasteiger partial charge in [-0.05, 0) is 18.4 Å². The van der Waals surface area contributed by atoms with Crippen molar-refractivity contribution in [2.24, 2.45) is 5.73 Å². The van der Waals surface area contributed by atoms with Crippen LogP contribution in [0.5, 0.6) is 0 Å². The molecule has 3 atom stereocenters. The number of carbonyl (C=O) groups excluding carboxylic acids is 3. The molecule has 0 aromatic heterocycles. The molecule has 1 aromatic rings. The van der Waals surface area contributed by atoms with Gasteiger partial charge in [0.15, 0.2) is 0 Å². The number of hydrogen-bond acceptors (Lipinski definition) is 6. The van der Waals surface area contributed by atoms with E-state index >= 15 is 0 Å². The number of thiol groups is 1. The SMILES string of the molecule is COC(=O)[C@H](Cc1ccccc1)NC(=O)[C@@H]1CCCN1C(=O)[C@@H](N)CS. The third-order valence-electron chi connectivity index (χ3n) is 4.44. The summed E-state index contributed by atoms with van der Waals surface area (Å²) in [7, 11) is 1.28. The maximum Gasteiger partial charge on any atom is 0.328 e. The molecule has 0 saturated carbocycles. The van der Waals surface area contributed by atoms with E-state index in [-0.39, 0.29) is 17.6 Å². The second-order valence-corrected chi connectivity index (χ2v) is 6.62. The second kappa shape index (κ2) is 9.59. The quantitative estimate of drug-likeness (QED) is 0.462. The first-order chi connectivity index (χ1) is 12.5. The third-order valence-corrected chi connectivity index (χ3v) is 4.83. The number of esters is 1. The number of ether oxygens (including phenoxy) is 1. The Kier molecular flexibility index (Phi) is 7.47. The van der Waals surface area contributed by atoms with E-state index in [2.05, 4.69) is 17.9 Å². The van der Waals surface area contributed by atoms with Gasteiger partial charge in [-0.25, -0.2) is 4.79 Å². The van der Waals surface area contributed by atoms with Crippen LogP contribution in [0.3, 0.4) is 0 Å². The average molecular weight is 379 g/mol. The maximum atomic E-state index is 12.7. The second-order valence-electron chi connectivity index (χ2n) is 6.25. The van der Waals surface area contributed by atoms with Crippen LogP contribution >= 0.6 is 12.6 Å². The normalized spacial score (nSPS) is 18.9. The molecule has 7 nitrogen and oxygen atoms in total. The van der Waals surface area contributed by atoms with Gasteiger partial charge in [-0.3, -0.25) is 9.59 Å². The highest BCUT2D eigenvalue weighted by Gasteiger charge is 2.37. The lowest BCUT2D eigenvalue weighted by Crippen LogP contribution is -2.54. The minimum Gasteiger partial charge on any atom is -0.467 e. The molecule has 1 saturated heterocycles. The average Bonchev–Trinajstić information content (AvgIpc) is 3.16. The number of likely N-dealkylation sites (tertiary alicyclic amines) is 1. The molecule has 1 aromatic carbocycles. The Balaban J connectivity index is 2.08. The molecule has 2 amide bonds. The van der Waals surface area contributed by atoms with Gasteiger partial charge in [0.2, 0.25) is 11.8 Å². The van der Waals surface area contributed by atoms with Crippen molar-refractivity contribution in [2.45, 2.75) is 37.4 Å². The largest absolute Gasteiger partial charge is 0.467 e. The van der Waals surface area contributed by atoms with Crippen LogP contribution in [-0.4, -0.2) is 60.2 Å². The van der Waals surface area contributed by atoms with Gasteiger partial charge in [0.05, 0.1) is 13.2 Å². The molecular weight excluding hydrogens is 354 g/mol. The number of hydrogen-bond donors (Lipinski definition) is 3. The zero-order chi connectivity index (χ0) is 19.1. The molecule has 2 rings (SSSR count). The fourth-order valence-electron chi connectivity index (χ4n) is 3.05. The van der Waals surface area contributed by atoms with Crippen molar-refractivity contribution in [3.63, 3.8) is 0 Å². The van der Waals surface area contributed by atoms with Gasteiger partial charge in [-0.1, -0.05) is 30.3 Å². The molecule has 0 spiro atoms. The monoisotopic (exact) mass is 379 g/mol. The van der Waals surface area contributed by atoms with E-state index < -0.39 is 24.1 Å². The summed E-state index contributed by atoms with van der Waals surface area (Å²) >= 11 is 4.05. The molecule has 0 aliphatic carbocycles. The van der Waals surface area contributed by atoms with Gasteiger partial charge in [0, 0.05) is 18.7 Å². The van der Waals surface area contributed by atoms with Gasteiger partial charge in [-0.2, -0.15) is 12.6 Å². The van der Waals surface area contributed by atoms with Crippen LogP contribution in [0.1, 0.15) is 18.4 Å². The van der Waals surface area contributed by atoms with Crippen LogP contribution in [0.2, 0.25) is 0 Å². The van der Waals surface area contributed by atoms with Crippen molar-refractivity contribution in [2.75, 3.05) is 19.4 Å². The van der Waals surface area contributed by atoms with Crippen molar-refractivity contribution in [3.05, 3.63) is 35.9 Å². The fourth-order valence-corrected chi connectivity index (χ4v) is 3.20. The van der Waals surface area contributed by atoms with Crippen LogP contribution in [0, 0.1) is 0 Å². The highest BCUT2D eigenvalue weighted by atomic mass is 32.1. The van der Waals surface area contributed by atoms with E-state index in [4.69, 9.17) is 10.5 Å². The van der Waals surface area contributed by atoms with Crippen LogP contribution in [0.25, 0.3) is 0 Å². The predicted molar refractivity (Wildman–Crippen MR) is 101 cm³/mol. The van der Waals surface area contributed by atoms with E-state index in [0.717, 1.165) is 5.56 Å². The molecule has 0 unspecified atom stereocenters. The molecule has 142 valence electrons. The molecule has 26 heavy (non-hydrogen) atoms. The van der Waals surface area contributed by atoms with Crippen LogP contribution in [0.15, 0.2) is 30.3 Å². The number of rotatable bonds is 7. The number of methoxy groups -OCH3 is 1. The summed E-state index contributed by atoms with van der Waals surface area (Å²) in [4.78, 5) is 38.6. The van der Waals surface area contributed by atoms with Crippen molar-refractivity contribution in [1.29, 1.82) is 0 Å². The molecule has 3 N–H and O–H groups in total. The molecule has 0 bridgehead atoms. The first kappa shape index (κ1) is 20.3. The summed E-state index contributed by atoms with van der Waals surface area (Å²) in [6.45, 7) is 0.472. The number of nitrogens with zero attached hydrogens (tertiary/aromatic N) is 1. The maximum absolute atomic E-state index is 12.7. The Morgan fingerprint density at radius 1 is 1.35 bits per heavy atom. The standard InChI is InChI=1S/C18H25N3O4S/c1-25-18(24)14(10-12-6-3-2-4-7-12)20-16(22)15-8-5-9-21(15)17(23)13(19)11-26/h2-4,6-7,13-15,26H,5,8-11,19H2,1H3,(H,20,22)/t13-,14-,15-/m0/s1. The van der Waals surface area contributed by atoms with Crippen LogP contribution < -0.4 is 11.1 Å². The zero-order valence-corrected chi connectivity index (χ0v) is 15.7. The first-order valence-corrected chi connectivity index (χ1v) is 9.20. The van der Waals surface area contributed by atoms with E-state index in [1.165, 1.54) is 12.0 Å². The van der Waals surface area contributed by atoms with Crippen LogP contribution in [0.4, 0.5) is 0 Å². The van der Waals surface area contributed by atoms with E-state index in [1.54, 1.807) is 0 Å². The molecule has 1 heterocycles. The topological polar surface area (TPSA) is 102 Å². The molecule has 1 aliphatic rings. The minimum absolute atomic E-state index is 0.211. The molecule has 8 heteroatoms. The Morgan fingerprint density at radius 2 is 2.04 bits per heavy atom. The minimum atomic E-state index is -0.814. The summed E-state index contributed by atoms with van der Waals surface area (Å²) in [5.74, 6) is -0.975. The number of amides is 2. The van der Waals surface area contributed by atoms with E-state index in [9.17, 15) is 14.4 Å². The molecular formula is C18H25N3O4S. The Bertz CT molecular complexity index is 641. The van der Waals surface area contributed by atoms with Gasteiger partial charge in [0.1, 0.15) is 12.1 Å². The van der Waals surface area contributed by atoms with E-state index in [0.29, 0.717) is 25.8 Å². The molecule has 0 radical (unpaired) electrons. The lowest BCUT2D eigenvalue weighted by atomic mass is 10.1. The fraction of sp³-hybridized carbons (Fsp3) is 0.500. The van der Waals surface area contributed by atoms with Crippen molar-refractivity contribution < 1.29 is 19.1 Å². The Hall–Kier alpha value is -2.06. The summed E-state index contributed by atoms with van der Waals surface area (Å²) in [5.41, 5.74) is 6.66. The van der Waals surface area contributed by atoms with Crippen molar-refractivity contribution in [3.8, 4) is 0 Å². The van der Waals surface area contributed by atoms with Crippen molar-refractivity contribution >= 4 is 30.4 Å². The summed E-state index contributed by atoms with van der Waals surface area (Å²) in [5, 5.41) is 2.73. The lowest BCUT2D eigenvalue weighted by Gasteiger charge is -2.27. The number of nitrogens with one attached hydrogen (secondary N) is 1. The summed E-state index contributed by atoms with van der Waals surface area (Å²) < 4.78 is 4.81. The third kappa shape index (κ3) is 4.98. The first-order valence-electron chi connectivity index (χ1n) is 8.57. The predicted octanol–water partition coefficient (Wildman–Crippen LogP) is 0.135. The summed E-state index contributed by atoms with van der Waals surface area (Å²) in [6, 6.07) is 7.17. The highest BCUT2D eigenvalue weighted by Crippen LogP contribution is 2.19. The summed E-state index contributed by atoms with van der Waals surface area (Å²) in [6.07, 6.45) is 1.57. The smallest absolute Gasteiger partial charge is 0.328 e. The van der Waals surface area contributed by atoms with Crippen LogP contribution in [-0.2, 0) is 25.5 Å². The Morgan fingerprint density at radius 3 is 2.65 bits per heavy atom. The molecule has 1 aliphatic heterocycles. The van der Waals surface area contributed by atoms with Crippen molar-refractivity contribution in [1.82, 2.24) is 10.2 Å².